The minimum Gasteiger partial charge on any atom is -0.477 e. The van der Waals surface area contributed by atoms with Gasteiger partial charge in [-0.25, -0.2) is 4.79 Å². The van der Waals surface area contributed by atoms with E-state index in [1.807, 2.05) is 0 Å². The molecule has 1 aliphatic heterocycles. The van der Waals surface area contributed by atoms with Crippen LogP contribution in [-0.4, -0.2) is 59.1 Å². The zero-order valence-corrected chi connectivity index (χ0v) is 10.3. The second-order valence-corrected chi connectivity index (χ2v) is 4.67. The lowest BCUT2D eigenvalue weighted by Crippen LogP contribution is -2.45. The molecule has 1 saturated heterocycles. The summed E-state index contributed by atoms with van der Waals surface area (Å²) >= 11 is 0. The molecule has 0 aliphatic carbocycles. The SMILES string of the molecule is CC(c1c[nH]c(C(=O)O)c1)N1CCN(C)CC1. The first-order valence-corrected chi connectivity index (χ1v) is 5.92. The number of nitrogens with one attached hydrogen (secondary N) is 1. The van der Waals surface area contributed by atoms with Crippen LogP contribution in [-0.2, 0) is 0 Å². The molecule has 0 bridgehead atoms. The van der Waals surface area contributed by atoms with Crippen LogP contribution in [0.15, 0.2) is 12.3 Å². The molecule has 5 heteroatoms. The molecule has 0 spiro atoms. The van der Waals surface area contributed by atoms with Gasteiger partial charge in [0.2, 0.25) is 0 Å². The summed E-state index contributed by atoms with van der Waals surface area (Å²) in [5, 5.41) is 8.87. The summed E-state index contributed by atoms with van der Waals surface area (Å²) in [5.74, 6) is -0.901. The Kier molecular flexibility index (Phi) is 3.49. The van der Waals surface area contributed by atoms with Crippen molar-refractivity contribution in [3.8, 4) is 0 Å². The highest BCUT2D eigenvalue weighted by Gasteiger charge is 2.21. The number of likely N-dealkylation sites (N-methyl/N-ethyl adjacent to an activating group) is 1. The van der Waals surface area contributed by atoms with Crippen LogP contribution >= 0.6 is 0 Å². The van der Waals surface area contributed by atoms with E-state index in [1.54, 1.807) is 12.3 Å². The maximum absolute atomic E-state index is 10.8. The Hall–Kier alpha value is -1.33. The van der Waals surface area contributed by atoms with Gasteiger partial charge in [-0.1, -0.05) is 0 Å². The monoisotopic (exact) mass is 237 g/mol. The highest BCUT2D eigenvalue weighted by Crippen LogP contribution is 2.22. The molecule has 1 aromatic rings. The molecule has 5 nitrogen and oxygen atoms in total. The summed E-state index contributed by atoms with van der Waals surface area (Å²) in [6, 6.07) is 2.00. The number of H-pyrrole nitrogens is 1. The van der Waals surface area contributed by atoms with E-state index in [9.17, 15) is 4.79 Å². The van der Waals surface area contributed by atoms with Gasteiger partial charge in [-0.15, -0.1) is 0 Å². The molecule has 1 unspecified atom stereocenters. The van der Waals surface area contributed by atoms with Crippen molar-refractivity contribution in [2.75, 3.05) is 33.2 Å². The van der Waals surface area contributed by atoms with Gasteiger partial charge in [0.25, 0.3) is 0 Å². The maximum atomic E-state index is 10.8. The van der Waals surface area contributed by atoms with Crippen LogP contribution in [0.1, 0.15) is 29.0 Å². The number of aromatic amines is 1. The van der Waals surface area contributed by atoms with Gasteiger partial charge in [0, 0.05) is 38.4 Å². The normalized spacial score (nSPS) is 20.4. The molecule has 94 valence electrons. The van der Waals surface area contributed by atoms with Crippen LogP contribution in [0.4, 0.5) is 0 Å². The summed E-state index contributed by atoms with van der Waals surface area (Å²) in [4.78, 5) is 18.3. The number of carbonyl (C=O) groups is 1. The Balaban J connectivity index is 2.03. The second-order valence-electron chi connectivity index (χ2n) is 4.67. The van der Waals surface area contributed by atoms with E-state index in [4.69, 9.17) is 5.11 Å². The van der Waals surface area contributed by atoms with Gasteiger partial charge < -0.3 is 15.0 Å². The Bertz CT molecular complexity index is 394. The Morgan fingerprint density at radius 3 is 2.59 bits per heavy atom. The van der Waals surface area contributed by atoms with Crippen LogP contribution in [0.3, 0.4) is 0 Å². The molecule has 0 aromatic carbocycles. The molecular formula is C12H19N3O2. The molecule has 17 heavy (non-hydrogen) atoms. The van der Waals surface area contributed by atoms with Crippen molar-refractivity contribution in [2.45, 2.75) is 13.0 Å². The number of carboxylic acid groups (broad SMARTS) is 1. The second kappa shape index (κ2) is 4.89. The van der Waals surface area contributed by atoms with E-state index in [2.05, 4.69) is 28.8 Å². The molecule has 2 N–H and O–H groups in total. The summed E-state index contributed by atoms with van der Waals surface area (Å²) in [6.07, 6.45) is 1.80. The molecule has 1 fully saturated rings. The lowest BCUT2D eigenvalue weighted by atomic mass is 10.1. The van der Waals surface area contributed by atoms with Gasteiger partial charge in [-0.05, 0) is 25.6 Å². The molecule has 1 aromatic heterocycles. The number of aromatic carboxylic acids is 1. The molecule has 0 saturated carbocycles. The fourth-order valence-electron chi connectivity index (χ4n) is 2.20. The van der Waals surface area contributed by atoms with Crippen molar-refractivity contribution in [1.29, 1.82) is 0 Å². The first-order valence-electron chi connectivity index (χ1n) is 5.92. The lowest BCUT2D eigenvalue weighted by molar-refractivity contribution is 0.0691. The van der Waals surface area contributed by atoms with Crippen molar-refractivity contribution in [1.82, 2.24) is 14.8 Å². The number of aromatic nitrogens is 1. The number of hydrogen-bond donors (Lipinski definition) is 2. The first kappa shape index (κ1) is 12.1. The fraction of sp³-hybridized carbons (Fsp3) is 0.583. The van der Waals surface area contributed by atoms with Crippen LogP contribution in [0.5, 0.6) is 0 Å². The minimum atomic E-state index is -0.901. The van der Waals surface area contributed by atoms with E-state index >= 15 is 0 Å². The van der Waals surface area contributed by atoms with E-state index in [-0.39, 0.29) is 11.7 Å². The molecule has 1 aliphatic rings. The molecule has 2 heterocycles. The average molecular weight is 237 g/mol. The number of piperazine rings is 1. The third-order valence-corrected chi connectivity index (χ3v) is 3.50. The summed E-state index contributed by atoms with van der Waals surface area (Å²) < 4.78 is 0. The summed E-state index contributed by atoms with van der Waals surface area (Å²) in [5.41, 5.74) is 1.31. The predicted octanol–water partition coefficient (Wildman–Crippen LogP) is 1.02. The minimum absolute atomic E-state index is 0.265. The van der Waals surface area contributed by atoms with E-state index in [1.165, 1.54) is 0 Å². The third-order valence-electron chi connectivity index (χ3n) is 3.50. The molecule has 2 rings (SSSR count). The van der Waals surface area contributed by atoms with Crippen LogP contribution in [0.2, 0.25) is 0 Å². The molecular weight excluding hydrogens is 218 g/mol. The molecule has 0 amide bonds. The van der Waals surface area contributed by atoms with Gasteiger partial charge in [-0.3, -0.25) is 4.90 Å². The largest absolute Gasteiger partial charge is 0.477 e. The van der Waals surface area contributed by atoms with Crippen LogP contribution in [0.25, 0.3) is 0 Å². The lowest BCUT2D eigenvalue weighted by Gasteiger charge is -2.36. The topological polar surface area (TPSA) is 59.6 Å². The quantitative estimate of drug-likeness (QED) is 0.824. The molecule has 1 atom stereocenters. The summed E-state index contributed by atoms with van der Waals surface area (Å²) in [7, 11) is 2.13. The Morgan fingerprint density at radius 1 is 1.41 bits per heavy atom. The van der Waals surface area contributed by atoms with Gasteiger partial charge in [-0.2, -0.15) is 0 Å². The van der Waals surface area contributed by atoms with Crippen molar-refractivity contribution >= 4 is 5.97 Å². The zero-order valence-electron chi connectivity index (χ0n) is 10.3. The average Bonchev–Trinajstić information content (AvgIpc) is 2.78. The Morgan fingerprint density at radius 2 is 2.06 bits per heavy atom. The van der Waals surface area contributed by atoms with Gasteiger partial charge in [0.15, 0.2) is 0 Å². The summed E-state index contributed by atoms with van der Waals surface area (Å²) in [6.45, 7) is 6.33. The van der Waals surface area contributed by atoms with Crippen molar-refractivity contribution in [3.05, 3.63) is 23.5 Å². The molecule has 0 radical (unpaired) electrons. The van der Waals surface area contributed by atoms with Crippen LogP contribution in [0, 0.1) is 0 Å². The highest BCUT2D eigenvalue weighted by molar-refractivity contribution is 5.85. The van der Waals surface area contributed by atoms with Crippen LogP contribution < -0.4 is 0 Å². The van der Waals surface area contributed by atoms with Crippen molar-refractivity contribution in [2.24, 2.45) is 0 Å². The standard InChI is InChI=1S/C12H19N3O2/c1-9(15-5-3-14(2)4-6-15)10-7-11(12(16)17)13-8-10/h7-9,13H,3-6H2,1-2H3,(H,16,17). The number of carboxylic acids is 1. The predicted molar refractivity (Wildman–Crippen MR) is 65.2 cm³/mol. The van der Waals surface area contributed by atoms with E-state index in [0.717, 1.165) is 31.7 Å². The maximum Gasteiger partial charge on any atom is 0.352 e. The Labute approximate surface area is 101 Å². The zero-order chi connectivity index (χ0) is 12.4. The van der Waals surface area contributed by atoms with Gasteiger partial charge in [0.05, 0.1) is 0 Å². The smallest absolute Gasteiger partial charge is 0.352 e. The first-order chi connectivity index (χ1) is 8.08. The van der Waals surface area contributed by atoms with Crippen molar-refractivity contribution in [3.63, 3.8) is 0 Å². The van der Waals surface area contributed by atoms with Crippen molar-refractivity contribution < 1.29 is 9.90 Å². The number of hydrogen-bond acceptors (Lipinski definition) is 3. The number of rotatable bonds is 3. The third kappa shape index (κ3) is 2.68. The van der Waals surface area contributed by atoms with E-state index < -0.39 is 5.97 Å². The van der Waals surface area contributed by atoms with Gasteiger partial charge >= 0.3 is 5.97 Å². The van der Waals surface area contributed by atoms with Gasteiger partial charge in [0.1, 0.15) is 5.69 Å². The fourth-order valence-corrected chi connectivity index (χ4v) is 2.20. The highest BCUT2D eigenvalue weighted by atomic mass is 16.4. The number of nitrogens with zero attached hydrogens (tertiary/aromatic N) is 2. The van der Waals surface area contributed by atoms with E-state index in [0.29, 0.717) is 0 Å².